The van der Waals surface area contributed by atoms with Crippen LogP contribution in [0.4, 0.5) is 0 Å². The Morgan fingerprint density at radius 3 is 3.05 bits per heavy atom. The fourth-order valence-corrected chi connectivity index (χ4v) is 4.52. The molecule has 2 saturated heterocycles. The van der Waals surface area contributed by atoms with Gasteiger partial charge in [0.25, 0.3) is 5.91 Å². The number of carbonyl (C=O) groups excluding carboxylic acids is 1. The van der Waals surface area contributed by atoms with Crippen LogP contribution >= 0.6 is 11.3 Å². The highest BCUT2D eigenvalue weighted by Gasteiger charge is 2.30. The highest BCUT2D eigenvalue weighted by atomic mass is 32.1. The maximum absolute atomic E-state index is 13.0. The van der Waals surface area contributed by atoms with Crippen molar-refractivity contribution in [3.8, 4) is 0 Å². The first-order chi connectivity index (χ1) is 10.8. The molecule has 5 nitrogen and oxygen atoms in total. The smallest absolute Gasteiger partial charge is 0.264 e. The predicted molar refractivity (Wildman–Crippen MR) is 86.6 cm³/mol. The van der Waals surface area contributed by atoms with E-state index in [1.807, 2.05) is 11.0 Å². The minimum absolute atomic E-state index is 0.146. The lowest BCUT2D eigenvalue weighted by molar-refractivity contribution is 0.0305. The number of nitrogens with one attached hydrogen (secondary N) is 1. The zero-order valence-corrected chi connectivity index (χ0v) is 13.2. The van der Waals surface area contributed by atoms with E-state index in [1.54, 1.807) is 17.5 Å². The molecule has 0 bridgehead atoms. The van der Waals surface area contributed by atoms with Crippen LogP contribution in [0.5, 0.6) is 0 Å². The summed E-state index contributed by atoms with van der Waals surface area (Å²) in [5, 5.41) is 4.56. The van der Waals surface area contributed by atoms with Crippen LogP contribution in [-0.4, -0.2) is 55.2 Å². The number of rotatable bonds is 2. The first-order valence-corrected chi connectivity index (χ1v) is 8.61. The van der Waals surface area contributed by atoms with Gasteiger partial charge in [0.2, 0.25) is 0 Å². The topological polar surface area (TPSA) is 54.5 Å². The third kappa shape index (κ3) is 2.41. The Hall–Kier alpha value is -1.50. The van der Waals surface area contributed by atoms with Gasteiger partial charge in [0.1, 0.15) is 4.83 Å². The van der Waals surface area contributed by atoms with Crippen molar-refractivity contribution in [2.24, 2.45) is 0 Å². The molecule has 2 aromatic rings. The summed E-state index contributed by atoms with van der Waals surface area (Å²) in [4.78, 5) is 21.2. The van der Waals surface area contributed by atoms with E-state index in [0.717, 1.165) is 34.6 Å². The number of fused-ring (bicyclic) bond motifs is 1. The Labute approximate surface area is 133 Å². The van der Waals surface area contributed by atoms with E-state index in [4.69, 9.17) is 4.74 Å². The van der Waals surface area contributed by atoms with Crippen molar-refractivity contribution in [1.29, 1.82) is 0 Å². The Bertz CT molecular complexity index is 688. The van der Waals surface area contributed by atoms with Crippen molar-refractivity contribution >= 4 is 27.5 Å². The number of pyridine rings is 1. The standard InChI is InChI=1S/C16H19N3O2S/c20-16(19-6-8-21-9-7-19)14-13(11-3-5-17-10-11)12-2-1-4-18-15(12)22-14/h1-2,4,11,17H,3,5-10H2. The van der Waals surface area contributed by atoms with E-state index in [0.29, 0.717) is 32.2 Å². The summed E-state index contributed by atoms with van der Waals surface area (Å²) >= 11 is 1.54. The normalized spacial score (nSPS) is 22.4. The van der Waals surface area contributed by atoms with Crippen LogP contribution in [0.1, 0.15) is 27.6 Å². The van der Waals surface area contributed by atoms with Gasteiger partial charge in [-0.25, -0.2) is 4.98 Å². The van der Waals surface area contributed by atoms with Gasteiger partial charge < -0.3 is 15.0 Å². The van der Waals surface area contributed by atoms with Gasteiger partial charge in [0.15, 0.2) is 0 Å². The fraction of sp³-hybridized carbons (Fsp3) is 0.500. The van der Waals surface area contributed by atoms with Gasteiger partial charge in [-0.15, -0.1) is 11.3 Å². The van der Waals surface area contributed by atoms with Crippen LogP contribution in [0.25, 0.3) is 10.2 Å². The molecule has 0 aliphatic carbocycles. The maximum atomic E-state index is 13.0. The number of thiophene rings is 1. The SMILES string of the molecule is O=C(c1sc2ncccc2c1C1CCNC1)N1CCOCC1. The lowest BCUT2D eigenvalue weighted by Gasteiger charge is -2.27. The second kappa shape index (κ2) is 5.95. The summed E-state index contributed by atoms with van der Waals surface area (Å²) in [5.41, 5.74) is 1.20. The number of hydrogen-bond acceptors (Lipinski definition) is 5. The molecule has 1 amide bonds. The van der Waals surface area contributed by atoms with Crippen LogP contribution in [-0.2, 0) is 4.74 Å². The number of carbonyl (C=O) groups is 1. The molecule has 2 fully saturated rings. The molecular formula is C16H19N3O2S. The predicted octanol–water partition coefficient (Wildman–Crippen LogP) is 1.85. The van der Waals surface area contributed by atoms with E-state index < -0.39 is 0 Å². The van der Waals surface area contributed by atoms with E-state index in [9.17, 15) is 4.79 Å². The molecule has 116 valence electrons. The molecule has 0 saturated carbocycles. The molecule has 2 aliphatic rings. The summed E-state index contributed by atoms with van der Waals surface area (Å²) < 4.78 is 5.36. The zero-order chi connectivity index (χ0) is 14.9. The molecule has 2 aromatic heterocycles. The number of nitrogens with zero attached hydrogens (tertiary/aromatic N) is 2. The average Bonchev–Trinajstić information content (AvgIpc) is 3.21. The molecule has 0 aromatic carbocycles. The molecule has 4 rings (SSSR count). The highest BCUT2D eigenvalue weighted by molar-refractivity contribution is 7.20. The fourth-order valence-electron chi connectivity index (χ4n) is 3.33. The van der Waals surface area contributed by atoms with Crippen molar-refractivity contribution < 1.29 is 9.53 Å². The highest BCUT2D eigenvalue weighted by Crippen LogP contribution is 2.38. The first-order valence-electron chi connectivity index (χ1n) is 7.80. The maximum Gasteiger partial charge on any atom is 0.264 e. The van der Waals surface area contributed by atoms with Crippen molar-refractivity contribution in [3.63, 3.8) is 0 Å². The summed E-state index contributed by atoms with van der Waals surface area (Å²) in [7, 11) is 0. The summed E-state index contributed by atoms with van der Waals surface area (Å²) in [5.74, 6) is 0.561. The van der Waals surface area contributed by atoms with Gasteiger partial charge in [-0.2, -0.15) is 0 Å². The van der Waals surface area contributed by atoms with Gasteiger partial charge in [0, 0.05) is 31.2 Å². The summed E-state index contributed by atoms with van der Waals surface area (Å²) in [6.07, 6.45) is 2.89. The molecule has 4 heterocycles. The van der Waals surface area contributed by atoms with Gasteiger partial charge in [-0.3, -0.25) is 4.79 Å². The number of ether oxygens (including phenoxy) is 1. The van der Waals surface area contributed by atoms with Crippen molar-refractivity contribution in [2.45, 2.75) is 12.3 Å². The van der Waals surface area contributed by atoms with Gasteiger partial charge in [0.05, 0.1) is 18.1 Å². The molecule has 1 atom stereocenters. The Balaban J connectivity index is 1.78. The van der Waals surface area contributed by atoms with E-state index in [-0.39, 0.29) is 5.91 Å². The third-order valence-electron chi connectivity index (χ3n) is 4.47. The number of hydrogen-bond donors (Lipinski definition) is 1. The second-order valence-corrected chi connectivity index (χ2v) is 6.79. The van der Waals surface area contributed by atoms with Crippen molar-refractivity contribution in [2.75, 3.05) is 39.4 Å². The molecule has 0 spiro atoms. The van der Waals surface area contributed by atoms with Gasteiger partial charge in [-0.05, 0) is 30.5 Å². The van der Waals surface area contributed by atoms with Crippen LogP contribution in [0.3, 0.4) is 0 Å². The minimum Gasteiger partial charge on any atom is -0.378 e. The lowest BCUT2D eigenvalue weighted by atomic mass is 9.95. The van der Waals surface area contributed by atoms with Gasteiger partial charge >= 0.3 is 0 Å². The summed E-state index contributed by atoms with van der Waals surface area (Å²) in [6.45, 7) is 4.60. The van der Waals surface area contributed by atoms with Crippen molar-refractivity contribution in [3.05, 3.63) is 28.8 Å². The number of amides is 1. The van der Waals surface area contributed by atoms with E-state index in [1.165, 1.54) is 5.56 Å². The van der Waals surface area contributed by atoms with Crippen LogP contribution in [0.2, 0.25) is 0 Å². The Morgan fingerprint density at radius 2 is 2.27 bits per heavy atom. The van der Waals surface area contributed by atoms with E-state index >= 15 is 0 Å². The monoisotopic (exact) mass is 317 g/mol. The van der Waals surface area contributed by atoms with Crippen LogP contribution in [0, 0.1) is 0 Å². The van der Waals surface area contributed by atoms with Gasteiger partial charge in [-0.1, -0.05) is 6.07 Å². The summed E-state index contributed by atoms with van der Waals surface area (Å²) in [6, 6.07) is 4.06. The number of morpholine rings is 1. The molecule has 0 radical (unpaired) electrons. The third-order valence-corrected chi connectivity index (χ3v) is 5.58. The molecule has 22 heavy (non-hydrogen) atoms. The van der Waals surface area contributed by atoms with Crippen molar-refractivity contribution in [1.82, 2.24) is 15.2 Å². The number of aromatic nitrogens is 1. The van der Waals surface area contributed by atoms with E-state index in [2.05, 4.69) is 16.4 Å². The lowest BCUT2D eigenvalue weighted by Crippen LogP contribution is -2.40. The molecule has 2 aliphatic heterocycles. The van der Waals surface area contributed by atoms with Crippen LogP contribution < -0.4 is 5.32 Å². The quantitative estimate of drug-likeness (QED) is 0.918. The van der Waals surface area contributed by atoms with Crippen LogP contribution in [0.15, 0.2) is 18.3 Å². The largest absolute Gasteiger partial charge is 0.378 e. The molecular weight excluding hydrogens is 298 g/mol. The molecule has 1 N–H and O–H groups in total. The average molecular weight is 317 g/mol. The first kappa shape index (κ1) is 14.1. The Kier molecular flexibility index (Phi) is 3.82. The molecule has 1 unspecified atom stereocenters. The minimum atomic E-state index is 0.146. The zero-order valence-electron chi connectivity index (χ0n) is 12.4. The second-order valence-electron chi connectivity index (χ2n) is 5.80. The Morgan fingerprint density at radius 1 is 1.41 bits per heavy atom. The molecule has 6 heteroatoms.